The molecule has 2 heterocycles. The van der Waals surface area contributed by atoms with Gasteiger partial charge in [0.15, 0.2) is 0 Å². The molecule has 2 aliphatic rings. The molecule has 0 spiro atoms. The van der Waals surface area contributed by atoms with Crippen molar-refractivity contribution in [1.82, 2.24) is 19.8 Å². The van der Waals surface area contributed by atoms with Crippen molar-refractivity contribution in [3.63, 3.8) is 0 Å². The van der Waals surface area contributed by atoms with Crippen LogP contribution in [0.3, 0.4) is 0 Å². The van der Waals surface area contributed by atoms with E-state index in [-0.39, 0.29) is 17.5 Å². The standard InChI is InChI=1S/C21H34N4O2/c1-16(2)19-13-20(26)25(15-22-19)14-17-9-11-24(12-10-17)21(27)23-18-7-5-3-4-6-8-18/h13,15-18H,3-12,14H2,1-2H3,(H,23,27). The highest BCUT2D eigenvalue weighted by atomic mass is 16.2. The van der Waals surface area contributed by atoms with E-state index < -0.39 is 0 Å². The van der Waals surface area contributed by atoms with Gasteiger partial charge in [-0.1, -0.05) is 39.5 Å². The minimum Gasteiger partial charge on any atom is -0.335 e. The molecule has 1 aromatic rings. The summed E-state index contributed by atoms with van der Waals surface area (Å²) in [5.41, 5.74) is 0.878. The van der Waals surface area contributed by atoms with Crippen LogP contribution in [0.4, 0.5) is 4.79 Å². The molecule has 0 unspecified atom stereocenters. The average Bonchev–Trinajstić information content (AvgIpc) is 2.92. The van der Waals surface area contributed by atoms with Gasteiger partial charge >= 0.3 is 6.03 Å². The Bertz CT molecular complexity index is 669. The molecular formula is C21H34N4O2. The van der Waals surface area contributed by atoms with Crippen molar-refractivity contribution >= 4 is 6.03 Å². The third kappa shape index (κ3) is 5.56. The topological polar surface area (TPSA) is 67.2 Å². The molecule has 1 aliphatic carbocycles. The highest BCUT2D eigenvalue weighted by molar-refractivity contribution is 5.74. The molecule has 1 aliphatic heterocycles. The fourth-order valence-corrected chi connectivity index (χ4v) is 4.18. The number of aromatic nitrogens is 2. The summed E-state index contributed by atoms with van der Waals surface area (Å²) in [6, 6.07) is 2.10. The minimum atomic E-state index is 0.0298. The molecule has 3 rings (SSSR count). The summed E-state index contributed by atoms with van der Waals surface area (Å²) in [5, 5.41) is 3.24. The summed E-state index contributed by atoms with van der Waals surface area (Å²) in [7, 11) is 0. The van der Waals surface area contributed by atoms with E-state index in [1.54, 1.807) is 17.0 Å². The van der Waals surface area contributed by atoms with Gasteiger partial charge in [0, 0.05) is 31.7 Å². The average molecular weight is 375 g/mol. The number of carbonyl (C=O) groups excluding carboxylic acids is 1. The summed E-state index contributed by atoms with van der Waals surface area (Å²) in [6.07, 6.45) is 10.8. The lowest BCUT2D eigenvalue weighted by Gasteiger charge is -2.33. The zero-order valence-corrected chi connectivity index (χ0v) is 16.8. The summed E-state index contributed by atoms with van der Waals surface area (Å²) in [5.74, 6) is 0.693. The van der Waals surface area contributed by atoms with Crippen LogP contribution in [0, 0.1) is 5.92 Å². The molecule has 0 radical (unpaired) electrons. The van der Waals surface area contributed by atoms with Crippen LogP contribution in [-0.2, 0) is 6.54 Å². The van der Waals surface area contributed by atoms with Gasteiger partial charge in [-0.2, -0.15) is 0 Å². The normalized spacial score (nSPS) is 19.9. The maximum Gasteiger partial charge on any atom is 0.317 e. The van der Waals surface area contributed by atoms with E-state index in [4.69, 9.17) is 0 Å². The molecule has 2 amide bonds. The lowest BCUT2D eigenvalue weighted by molar-refractivity contribution is 0.161. The Morgan fingerprint density at radius 3 is 2.41 bits per heavy atom. The number of hydrogen-bond acceptors (Lipinski definition) is 3. The van der Waals surface area contributed by atoms with Crippen LogP contribution < -0.4 is 10.9 Å². The first-order valence-corrected chi connectivity index (χ1v) is 10.6. The van der Waals surface area contributed by atoms with Crippen molar-refractivity contribution in [2.75, 3.05) is 13.1 Å². The molecule has 1 N–H and O–H groups in total. The van der Waals surface area contributed by atoms with Gasteiger partial charge in [0.2, 0.25) is 0 Å². The van der Waals surface area contributed by atoms with Gasteiger partial charge in [0.25, 0.3) is 5.56 Å². The van der Waals surface area contributed by atoms with Gasteiger partial charge in [0.1, 0.15) is 0 Å². The fraction of sp³-hybridized carbons (Fsp3) is 0.762. The van der Waals surface area contributed by atoms with E-state index in [1.807, 2.05) is 18.7 Å². The van der Waals surface area contributed by atoms with Crippen LogP contribution in [0.5, 0.6) is 0 Å². The summed E-state index contributed by atoms with van der Waals surface area (Å²) in [6.45, 7) is 6.33. The number of nitrogens with one attached hydrogen (secondary N) is 1. The highest BCUT2D eigenvalue weighted by Gasteiger charge is 2.25. The molecule has 6 nitrogen and oxygen atoms in total. The van der Waals surface area contributed by atoms with E-state index in [9.17, 15) is 9.59 Å². The van der Waals surface area contributed by atoms with Crippen molar-refractivity contribution in [2.45, 2.75) is 83.7 Å². The Labute approximate surface area is 162 Å². The fourth-order valence-electron chi connectivity index (χ4n) is 4.18. The molecule has 1 saturated carbocycles. The van der Waals surface area contributed by atoms with Gasteiger partial charge in [0.05, 0.1) is 12.0 Å². The van der Waals surface area contributed by atoms with Gasteiger partial charge in [-0.15, -0.1) is 0 Å². The number of nitrogens with zero attached hydrogens (tertiary/aromatic N) is 3. The Morgan fingerprint density at radius 1 is 1.15 bits per heavy atom. The second-order valence-corrected chi connectivity index (χ2v) is 8.53. The Balaban J connectivity index is 1.47. The van der Waals surface area contributed by atoms with E-state index in [0.29, 0.717) is 18.5 Å². The molecule has 0 atom stereocenters. The van der Waals surface area contributed by atoms with Crippen molar-refractivity contribution in [3.8, 4) is 0 Å². The molecule has 1 saturated heterocycles. The number of hydrogen-bond donors (Lipinski definition) is 1. The van der Waals surface area contributed by atoms with Gasteiger partial charge in [-0.3, -0.25) is 9.36 Å². The number of urea groups is 1. The van der Waals surface area contributed by atoms with E-state index in [2.05, 4.69) is 10.3 Å². The van der Waals surface area contributed by atoms with Gasteiger partial charge in [-0.05, 0) is 37.5 Å². The first kappa shape index (κ1) is 19.9. The molecule has 1 aromatic heterocycles. The zero-order chi connectivity index (χ0) is 19.2. The van der Waals surface area contributed by atoms with Gasteiger partial charge in [-0.25, -0.2) is 9.78 Å². The number of amides is 2. The summed E-state index contributed by atoms with van der Waals surface area (Å²) < 4.78 is 1.72. The predicted octanol–water partition coefficient (Wildman–Crippen LogP) is 3.51. The Hall–Kier alpha value is -1.85. The maximum absolute atomic E-state index is 12.5. The number of piperidine rings is 1. The van der Waals surface area contributed by atoms with Crippen molar-refractivity contribution in [3.05, 3.63) is 28.4 Å². The van der Waals surface area contributed by atoms with Crippen LogP contribution in [0.2, 0.25) is 0 Å². The molecule has 0 aromatic carbocycles. The molecule has 2 fully saturated rings. The lowest BCUT2D eigenvalue weighted by atomic mass is 9.97. The van der Waals surface area contributed by atoms with E-state index in [0.717, 1.165) is 44.5 Å². The summed E-state index contributed by atoms with van der Waals surface area (Å²) in [4.78, 5) is 31.2. The maximum atomic E-state index is 12.5. The number of likely N-dealkylation sites (tertiary alicyclic amines) is 1. The third-order valence-corrected chi connectivity index (χ3v) is 6.03. The minimum absolute atomic E-state index is 0.0298. The molecular weight excluding hydrogens is 340 g/mol. The molecule has 27 heavy (non-hydrogen) atoms. The Kier molecular flexibility index (Phi) is 6.91. The van der Waals surface area contributed by atoms with E-state index in [1.165, 1.54) is 25.7 Å². The monoisotopic (exact) mass is 374 g/mol. The lowest BCUT2D eigenvalue weighted by Crippen LogP contribution is -2.48. The van der Waals surface area contributed by atoms with Crippen LogP contribution >= 0.6 is 0 Å². The molecule has 0 bridgehead atoms. The predicted molar refractivity (Wildman–Crippen MR) is 107 cm³/mol. The molecule has 150 valence electrons. The van der Waals surface area contributed by atoms with Crippen LogP contribution in [-0.4, -0.2) is 39.6 Å². The molecule has 6 heteroatoms. The second-order valence-electron chi connectivity index (χ2n) is 8.53. The van der Waals surface area contributed by atoms with Gasteiger partial charge < -0.3 is 10.2 Å². The smallest absolute Gasteiger partial charge is 0.317 e. The van der Waals surface area contributed by atoms with Crippen molar-refractivity contribution in [1.29, 1.82) is 0 Å². The van der Waals surface area contributed by atoms with Crippen LogP contribution in [0.25, 0.3) is 0 Å². The van der Waals surface area contributed by atoms with Crippen LogP contribution in [0.1, 0.15) is 76.8 Å². The summed E-state index contributed by atoms with van der Waals surface area (Å²) >= 11 is 0. The van der Waals surface area contributed by atoms with Crippen LogP contribution in [0.15, 0.2) is 17.2 Å². The quantitative estimate of drug-likeness (QED) is 0.820. The second kappa shape index (κ2) is 9.38. The SMILES string of the molecule is CC(C)c1cc(=O)n(CC2CCN(C(=O)NC3CCCCCC3)CC2)cn1. The number of rotatable bonds is 4. The first-order valence-electron chi connectivity index (χ1n) is 10.6. The highest BCUT2D eigenvalue weighted by Crippen LogP contribution is 2.21. The zero-order valence-electron chi connectivity index (χ0n) is 16.8. The third-order valence-electron chi connectivity index (χ3n) is 6.03. The Morgan fingerprint density at radius 2 is 1.81 bits per heavy atom. The first-order chi connectivity index (χ1) is 13.0. The largest absolute Gasteiger partial charge is 0.335 e. The van der Waals surface area contributed by atoms with Crippen molar-refractivity contribution < 1.29 is 4.79 Å². The number of carbonyl (C=O) groups is 1. The van der Waals surface area contributed by atoms with Crippen molar-refractivity contribution in [2.24, 2.45) is 5.92 Å². The van der Waals surface area contributed by atoms with E-state index >= 15 is 0 Å².